The highest BCUT2D eigenvalue weighted by Gasteiger charge is 2.26. The third-order valence-corrected chi connectivity index (χ3v) is 10.1. The van der Waals surface area contributed by atoms with E-state index < -0.39 is 10.0 Å². The Kier molecular flexibility index (Phi) is 9.56. The molecule has 1 amide bonds. The van der Waals surface area contributed by atoms with Gasteiger partial charge in [-0.2, -0.15) is 0 Å². The minimum Gasteiger partial charge on any atom is -0.322 e. The van der Waals surface area contributed by atoms with Crippen LogP contribution in [0.5, 0.6) is 0 Å². The van der Waals surface area contributed by atoms with E-state index in [1.165, 1.54) is 14.8 Å². The van der Waals surface area contributed by atoms with Crippen LogP contribution in [-0.2, 0) is 22.3 Å². The Hall–Kier alpha value is -4.04. The highest BCUT2D eigenvalue weighted by Crippen LogP contribution is 2.31. The molecule has 5 aromatic rings. The van der Waals surface area contributed by atoms with Gasteiger partial charge in [-0.1, -0.05) is 78.3 Å². The highest BCUT2D eigenvalue weighted by atomic mass is 35.5. The molecular weight excluding hydrogens is 596 g/mol. The second kappa shape index (κ2) is 13.5. The van der Waals surface area contributed by atoms with Crippen molar-refractivity contribution in [1.29, 1.82) is 0 Å². The third kappa shape index (κ3) is 7.49. The summed E-state index contributed by atoms with van der Waals surface area (Å²) in [6, 6.07) is 36.8. The molecule has 43 heavy (non-hydrogen) atoms. The van der Waals surface area contributed by atoms with Crippen LogP contribution in [0.4, 0.5) is 11.4 Å². The summed E-state index contributed by atoms with van der Waals surface area (Å²) in [5.74, 6) is 0.604. The van der Waals surface area contributed by atoms with Gasteiger partial charge in [0.2, 0.25) is 0 Å². The number of aryl methyl sites for hydroxylation is 2. The molecule has 0 aliphatic rings. The number of hydrogen-bond acceptors (Lipinski definition) is 4. The van der Waals surface area contributed by atoms with E-state index in [4.69, 9.17) is 11.6 Å². The minimum absolute atomic E-state index is 0.0713. The van der Waals surface area contributed by atoms with Crippen molar-refractivity contribution in [2.75, 3.05) is 9.62 Å². The molecule has 0 bridgehead atoms. The van der Waals surface area contributed by atoms with Crippen LogP contribution in [0.25, 0.3) is 0 Å². The maximum Gasteiger partial charge on any atom is 0.264 e. The molecule has 5 aromatic carbocycles. The van der Waals surface area contributed by atoms with E-state index in [1.54, 1.807) is 84.6 Å². The maximum absolute atomic E-state index is 13.8. The smallest absolute Gasteiger partial charge is 0.264 e. The van der Waals surface area contributed by atoms with E-state index in [1.807, 2.05) is 44.2 Å². The standard InChI is InChI=1S/C35H31ClN2O3S2/c1-25-13-19-30(36)22-34(25)38(43(40,41)32-11-7-4-8-12-32)23-27-14-17-29(18-15-27)35(39)37-33-20-16-28(21-26(33)2)24-42-31-9-5-3-6-10-31/h3-22H,23-24H2,1-2H3,(H,37,39). The van der Waals surface area contributed by atoms with Gasteiger partial charge in [0.25, 0.3) is 15.9 Å². The van der Waals surface area contributed by atoms with Crippen molar-refractivity contribution in [3.05, 3.63) is 154 Å². The zero-order valence-electron chi connectivity index (χ0n) is 23.8. The molecule has 0 aromatic heterocycles. The Morgan fingerprint density at radius 3 is 2.09 bits per heavy atom. The third-order valence-electron chi connectivity index (χ3n) is 7.00. The molecule has 0 saturated heterocycles. The summed E-state index contributed by atoms with van der Waals surface area (Å²) in [6.45, 7) is 3.90. The first kappa shape index (κ1) is 30.4. The van der Waals surface area contributed by atoms with Gasteiger partial charge in [0.1, 0.15) is 0 Å². The second-order valence-electron chi connectivity index (χ2n) is 10.2. The van der Waals surface area contributed by atoms with Crippen molar-refractivity contribution >= 4 is 50.7 Å². The zero-order valence-corrected chi connectivity index (χ0v) is 26.2. The van der Waals surface area contributed by atoms with Gasteiger partial charge in [0, 0.05) is 26.9 Å². The Bertz CT molecular complexity index is 1830. The molecular formula is C35H31ClN2O3S2. The number of anilines is 2. The summed E-state index contributed by atoms with van der Waals surface area (Å²) in [5.41, 5.74) is 5.39. The number of amides is 1. The molecule has 0 radical (unpaired) electrons. The quantitative estimate of drug-likeness (QED) is 0.157. The first-order valence-corrected chi connectivity index (χ1v) is 16.5. The van der Waals surface area contributed by atoms with Crippen molar-refractivity contribution in [1.82, 2.24) is 0 Å². The average Bonchev–Trinajstić information content (AvgIpc) is 3.02. The number of thioether (sulfide) groups is 1. The summed E-state index contributed by atoms with van der Waals surface area (Å²) in [4.78, 5) is 14.5. The number of hydrogen-bond donors (Lipinski definition) is 1. The van der Waals surface area contributed by atoms with Gasteiger partial charge < -0.3 is 5.32 Å². The van der Waals surface area contributed by atoms with Crippen LogP contribution < -0.4 is 9.62 Å². The van der Waals surface area contributed by atoms with E-state index in [2.05, 4.69) is 23.5 Å². The predicted molar refractivity (Wildman–Crippen MR) is 178 cm³/mol. The number of sulfonamides is 1. The largest absolute Gasteiger partial charge is 0.322 e. The molecule has 1 N–H and O–H groups in total. The number of nitrogens with one attached hydrogen (secondary N) is 1. The number of rotatable bonds is 10. The van der Waals surface area contributed by atoms with Gasteiger partial charge >= 0.3 is 0 Å². The SMILES string of the molecule is Cc1cc(CSc2ccccc2)ccc1NC(=O)c1ccc(CN(c2cc(Cl)ccc2C)S(=O)(=O)c2ccccc2)cc1. The molecule has 0 heterocycles. The fourth-order valence-electron chi connectivity index (χ4n) is 4.63. The summed E-state index contributed by atoms with van der Waals surface area (Å²) in [5, 5.41) is 3.45. The molecule has 0 unspecified atom stereocenters. The van der Waals surface area contributed by atoms with Crippen molar-refractivity contribution in [3.63, 3.8) is 0 Å². The van der Waals surface area contributed by atoms with E-state index in [0.29, 0.717) is 16.3 Å². The van der Waals surface area contributed by atoms with Crippen LogP contribution in [-0.4, -0.2) is 14.3 Å². The summed E-state index contributed by atoms with van der Waals surface area (Å²) < 4.78 is 28.9. The number of halogens is 1. The van der Waals surface area contributed by atoms with Gasteiger partial charge in [-0.05, 0) is 90.7 Å². The van der Waals surface area contributed by atoms with Gasteiger partial charge in [-0.25, -0.2) is 8.42 Å². The first-order chi connectivity index (χ1) is 20.7. The van der Waals surface area contributed by atoms with Crippen LogP contribution in [0.2, 0.25) is 5.02 Å². The lowest BCUT2D eigenvalue weighted by Gasteiger charge is -2.26. The predicted octanol–water partition coefficient (Wildman–Crippen LogP) is 8.90. The molecule has 0 saturated carbocycles. The fraction of sp³-hybridized carbons (Fsp3) is 0.114. The van der Waals surface area contributed by atoms with E-state index >= 15 is 0 Å². The lowest BCUT2D eigenvalue weighted by molar-refractivity contribution is 0.102. The van der Waals surface area contributed by atoms with E-state index in [-0.39, 0.29) is 17.3 Å². The van der Waals surface area contributed by atoms with E-state index in [0.717, 1.165) is 28.1 Å². The number of benzene rings is 5. The molecule has 0 fully saturated rings. The Morgan fingerprint density at radius 2 is 1.42 bits per heavy atom. The lowest BCUT2D eigenvalue weighted by atomic mass is 10.1. The van der Waals surface area contributed by atoms with E-state index in [9.17, 15) is 13.2 Å². The maximum atomic E-state index is 13.8. The van der Waals surface area contributed by atoms with Crippen LogP contribution in [0.15, 0.2) is 131 Å². The first-order valence-electron chi connectivity index (χ1n) is 13.7. The normalized spacial score (nSPS) is 11.2. The van der Waals surface area contributed by atoms with Crippen molar-refractivity contribution < 1.29 is 13.2 Å². The molecule has 0 aliphatic carbocycles. The van der Waals surface area contributed by atoms with Crippen molar-refractivity contribution in [2.24, 2.45) is 0 Å². The number of carbonyl (C=O) groups excluding carboxylic acids is 1. The summed E-state index contributed by atoms with van der Waals surface area (Å²) in [6.07, 6.45) is 0. The van der Waals surface area contributed by atoms with Gasteiger partial charge in [0.15, 0.2) is 0 Å². The Labute approximate surface area is 262 Å². The zero-order chi connectivity index (χ0) is 30.4. The molecule has 8 heteroatoms. The fourth-order valence-corrected chi connectivity index (χ4v) is 7.19. The molecule has 0 atom stereocenters. The van der Waals surface area contributed by atoms with Gasteiger partial charge in [0.05, 0.1) is 17.1 Å². The average molecular weight is 627 g/mol. The number of carbonyl (C=O) groups is 1. The topological polar surface area (TPSA) is 66.5 Å². The van der Waals surface area contributed by atoms with Crippen LogP contribution in [0, 0.1) is 13.8 Å². The van der Waals surface area contributed by atoms with Crippen LogP contribution in [0.3, 0.4) is 0 Å². The Balaban J connectivity index is 1.31. The van der Waals surface area contributed by atoms with Crippen molar-refractivity contribution in [3.8, 4) is 0 Å². The monoisotopic (exact) mass is 626 g/mol. The summed E-state index contributed by atoms with van der Waals surface area (Å²) in [7, 11) is -3.89. The molecule has 218 valence electrons. The van der Waals surface area contributed by atoms with Gasteiger partial charge in [-0.3, -0.25) is 9.10 Å². The second-order valence-corrected chi connectivity index (χ2v) is 13.5. The summed E-state index contributed by atoms with van der Waals surface area (Å²) >= 11 is 8.05. The highest BCUT2D eigenvalue weighted by molar-refractivity contribution is 7.98. The number of nitrogens with zero attached hydrogens (tertiary/aromatic N) is 1. The van der Waals surface area contributed by atoms with Crippen LogP contribution >= 0.6 is 23.4 Å². The molecule has 0 spiro atoms. The van der Waals surface area contributed by atoms with Crippen molar-refractivity contribution in [2.45, 2.75) is 35.9 Å². The Morgan fingerprint density at radius 1 is 0.767 bits per heavy atom. The minimum atomic E-state index is -3.89. The molecule has 5 rings (SSSR count). The molecule has 5 nitrogen and oxygen atoms in total. The lowest BCUT2D eigenvalue weighted by Crippen LogP contribution is -2.31. The van der Waals surface area contributed by atoms with Gasteiger partial charge in [-0.15, -0.1) is 11.8 Å². The van der Waals surface area contributed by atoms with Crippen LogP contribution in [0.1, 0.15) is 32.6 Å². The molecule has 0 aliphatic heterocycles.